The molecule has 4 heteroatoms. The number of hydrogen-bond acceptors (Lipinski definition) is 1. The van der Waals surface area contributed by atoms with E-state index in [-0.39, 0.29) is 5.92 Å². The number of carboxylic acids is 1. The first-order valence-corrected chi connectivity index (χ1v) is 5.72. The predicted octanol–water partition coefficient (Wildman–Crippen LogP) is 2.07. The molecular formula is C13H14N2O2. The molecule has 0 radical (unpaired) electrons. The van der Waals surface area contributed by atoms with Gasteiger partial charge in [-0.05, 0) is 30.7 Å². The summed E-state index contributed by atoms with van der Waals surface area (Å²) in [5, 5.41) is 9.14. The maximum Gasteiger partial charge on any atom is 0.312 e. The average Bonchev–Trinajstić information content (AvgIpc) is 2.91. The van der Waals surface area contributed by atoms with Crippen LogP contribution in [0.1, 0.15) is 18.0 Å². The second kappa shape index (κ2) is 3.52. The number of nitrogens with zero attached hydrogens (tertiary/aromatic N) is 2. The Morgan fingerprint density at radius 3 is 2.82 bits per heavy atom. The lowest BCUT2D eigenvalue weighted by Crippen LogP contribution is -2.07. The van der Waals surface area contributed by atoms with Crippen LogP contribution < -0.4 is 0 Å². The van der Waals surface area contributed by atoms with Gasteiger partial charge in [0.05, 0.1) is 17.3 Å². The fourth-order valence-corrected chi connectivity index (χ4v) is 2.64. The van der Waals surface area contributed by atoms with Crippen molar-refractivity contribution < 1.29 is 9.90 Å². The highest BCUT2D eigenvalue weighted by atomic mass is 16.4. The lowest BCUT2D eigenvalue weighted by Gasteiger charge is -2.07. The van der Waals surface area contributed by atoms with Crippen molar-refractivity contribution in [1.29, 1.82) is 0 Å². The Balaban J connectivity index is 2.09. The summed E-state index contributed by atoms with van der Waals surface area (Å²) in [6.45, 7) is 0.791. The van der Waals surface area contributed by atoms with Crippen LogP contribution in [-0.4, -0.2) is 20.2 Å². The van der Waals surface area contributed by atoms with Gasteiger partial charge >= 0.3 is 5.97 Å². The van der Waals surface area contributed by atoms with E-state index in [1.165, 1.54) is 0 Å². The summed E-state index contributed by atoms with van der Waals surface area (Å²) in [6, 6.07) is 8.00. The Bertz CT molecular complexity index is 580. The first-order chi connectivity index (χ1) is 8.18. The van der Waals surface area contributed by atoms with E-state index in [0.717, 1.165) is 23.6 Å². The van der Waals surface area contributed by atoms with Crippen LogP contribution in [0.15, 0.2) is 30.5 Å². The molecule has 1 aliphatic heterocycles. The van der Waals surface area contributed by atoms with E-state index < -0.39 is 5.97 Å². The quantitative estimate of drug-likeness (QED) is 0.858. The number of aromatic nitrogens is 2. The molecule has 0 amide bonds. The number of aryl methyl sites for hydroxylation is 1. The molecule has 0 fully saturated rings. The van der Waals surface area contributed by atoms with Gasteiger partial charge in [-0.3, -0.25) is 4.79 Å². The van der Waals surface area contributed by atoms with Gasteiger partial charge in [-0.1, -0.05) is 0 Å². The molecule has 3 rings (SSSR count). The maximum absolute atomic E-state index is 11.1. The molecule has 17 heavy (non-hydrogen) atoms. The molecule has 2 aromatic rings. The third-order valence-electron chi connectivity index (χ3n) is 3.52. The van der Waals surface area contributed by atoms with E-state index >= 15 is 0 Å². The molecule has 1 N–H and O–H groups in total. The maximum atomic E-state index is 11.1. The van der Waals surface area contributed by atoms with Crippen molar-refractivity contribution in [1.82, 2.24) is 9.13 Å². The Kier molecular flexibility index (Phi) is 2.11. The minimum absolute atomic E-state index is 0.344. The van der Waals surface area contributed by atoms with E-state index in [1.807, 2.05) is 31.4 Å². The molecule has 0 saturated carbocycles. The van der Waals surface area contributed by atoms with Gasteiger partial charge in [0.15, 0.2) is 0 Å². The van der Waals surface area contributed by atoms with Gasteiger partial charge in [0.2, 0.25) is 0 Å². The molecule has 0 spiro atoms. The highest BCUT2D eigenvalue weighted by Crippen LogP contribution is 2.34. The highest BCUT2D eigenvalue weighted by Gasteiger charge is 2.30. The SMILES string of the molecule is Cn1cccc1-c1ccc2n1CCC2C(=O)O. The van der Waals surface area contributed by atoms with Crippen molar-refractivity contribution in [2.45, 2.75) is 18.9 Å². The van der Waals surface area contributed by atoms with Crippen molar-refractivity contribution in [2.24, 2.45) is 7.05 Å². The molecule has 1 aliphatic rings. The molecule has 0 saturated heterocycles. The van der Waals surface area contributed by atoms with Crippen LogP contribution in [0.5, 0.6) is 0 Å². The lowest BCUT2D eigenvalue weighted by molar-refractivity contribution is -0.138. The molecule has 0 aromatic carbocycles. The zero-order valence-corrected chi connectivity index (χ0v) is 9.63. The molecule has 88 valence electrons. The standard InChI is InChI=1S/C13H14N2O2/c1-14-7-2-3-11(14)12-5-4-10-9(13(16)17)6-8-15(10)12/h2-5,7,9H,6,8H2,1H3,(H,16,17). The molecule has 0 aliphatic carbocycles. The highest BCUT2D eigenvalue weighted by molar-refractivity contribution is 5.77. The normalized spacial score (nSPS) is 18.3. The third kappa shape index (κ3) is 1.40. The second-order valence-electron chi connectivity index (χ2n) is 4.48. The van der Waals surface area contributed by atoms with Crippen LogP contribution in [0.3, 0.4) is 0 Å². The minimum atomic E-state index is -0.722. The average molecular weight is 230 g/mol. The summed E-state index contributed by atoms with van der Waals surface area (Å²) in [5.74, 6) is -1.07. The Morgan fingerprint density at radius 1 is 1.35 bits per heavy atom. The molecule has 1 atom stereocenters. The second-order valence-corrected chi connectivity index (χ2v) is 4.48. The van der Waals surface area contributed by atoms with Crippen LogP contribution in [0.2, 0.25) is 0 Å². The monoisotopic (exact) mass is 230 g/mol. The molecule has 4 nitrogen and oxygen atoms in total. The number of carboxylic acid groups (broad SMARTS) is 1. The smallest absolute Gasteiger partial charge is 0.312 e. The van der Waals surface area contributed by atoms with E-state index in [4.69, 9.17) is 5.11 Å². The van der Waals surface area contributed by atoms with Gasteiger partial charge in [0.1, 0.15) is 0 Å². The van der Waals surface area contributed by atoms with Crippen molar-refractivity contribution in [3.8, 4) is 11.4 Å². The Hall–Kier alpha value is -1.97. The predicted molar refractivity (Wildman–Crippen MR) is 63.8 cm³/mol. The lowest BCUT2D eigenvalue weighted by atomic mass is 10.1. The number of hydrogen-bond donors (Lipinski definition) is 1. The van der Waals surface area contributed by atoms with Gasteiger partial charge in [0, 0.05) is 25.5 Å². The number of carbonyl (C=O) groups is 1. The number of aliphatic carboxylic acids is 1. The van der Waals surface area contributed by atoms with Crippen LogP contribution in [0.25, 0.3) is 11.4 Å². The fourth-order valence-electron chi connectivity index (χ4n) is 2.64. The molecule has 2 aromatic heterocycles. The van der Waals surface area contributed by atoms with Crippen molar-refractivity contribution >= 4 is 5.97 Å². The Labute approximate surface area is 99.1 Å². The first-order valence-electron chi connectivity index (χ1n) is 5.72. The minimum Gasteiger partial charge on any atom is -0.481 e. The summed E-state index contributed by atoms with van der Waals surface area (Å²) in [6.07, 6.45) is 2.70. The fraction of sp³-hybridized carbons (Fsp3) is 0.308. The molecule has 3 heterocycles. The van der Waals surface area contributed by atoms with Gasteiger partial charge in [-0.25, -0.2) is 0 Å². The van der Waals surface area contributed by atoms with E-state index in [1.54, 1.807) is 0 Å². The van der Waals surface area contributed by atoms with Gasteiger partial charge < -0.3 is 14.2 Å². The van der Waals surface area contributed by atoms with Crippen molar-refractivity contribution in [2.75, 3.05) is 0 Å². The Morgan fingerprint density at radius 2 is 2.18 bits per heavy atom. The zero-order chi connectivity index (χ0) is 12.0. The number of fused-ring (bicyclic) bond motifs is 1. The first kappa shape index (κ1) is 10.2. The number of rotatable bonds is 2. The summed E-state index contributed by atoms with van der Waals surface area (Å²) in [7, 11) is 2.00. The third-order valence-corrected chi connectivity index (χ3v) is 3.52. The van der Waals surface area contributed by atoms with E-state index in [9.17, 15) is 4.79 Å². The summed E-state index contributed by atoms with van der Waals surface area (Å²) >= 11 is 0. The molecular weight excluding hydrogens is 216 g/mol. The zero-order valence-electron chi connectivity index (χ0n) is 9.63. The van der Waals surface area contributed by atoms with Crippen LogP contribution >= 0.6 is 0 Å². The topological polar surface area (TPSA) is 47.2 Å². The van der Waals surface area contributed by atoms with Gasteiger partial charge in [-0.15, -0.1) is 0 Å². The van der Waals surface area contributed by atoms with Crippen molar-refractivity contribution in [3.63, 3.8) is 0 Å². The van der Waals surface area contributed by atoms with Crippen LogP contribution in [0, 0.1) is 0 Å². The summed E-state index contributed by atoms with van der Waals surface area (Å²) in [4.78, 5) is 11.1. The molecule has 0 bridgehead atoms. The van der Waals surface area contributed by atoms with E-state index in [0.29, 0.717) is 6.42 Å². The van der Waals surface area contributed by atoms with Gasteiger partial charge in [-0.2, -0.15) is 0 Å². The van der Waals surface area contributed by atoms with Crippen LogP contribution in [-0.2, 0) is 18.4 Å². The van der Waals surface area contributed by atoms with Crippen LogP contribution in [0.4, 0.5) is 0 Å². The summed E-state index contributed by atoms with van der Waals surface area (Å²) < 4.78 is 4.17. The van der Waals surface area contributed by atoms with E-state index in [2.05, 4.69) is 15.2 Å². The van der Waals surface area contributed by atoms with Crippen molar-refractivity contribution in [3.05, 3.63) is 36.2 Å². The summed E-state index contributed by atoms with van der Waals surface area (Å²) in [5.41, 5.74) is 3.16. The van der Waals surface area contributed by atoms with Gasteiger partial charge in [0.25, 0.3) is 0 Å². The molecule has 1 unspecified atom stereocenters. The largest absolute Gasteiger partial charge is 0.481 e.